The van der Waals surface area contributed by atoms with Gasteiger partial charge < -0.3 is 33.2 Å². The summed E-state index contributed by atoms with van der Waals surface area (Å²) in [6.45, 7) is 49.2. The summed E-state index contributed by atoms with van der Waals surface area (Å²) in [4.78, 5) is 113. The average molecular weight is 1920 g/mol. The van der Waals surface area contributed by atoms with Crippen LogP contribution >= 0.6 is 0 Å². The van der Waals surface area contributed by atoms with Gasteiger partial charge in [0.1, 0.15) is 40.2 Å². The van der Waals surface area contributed by atoms with Gasteiger partial charge in [-0.15, -0.1) is 0 Å². The highest BCUT2D eigenvalue weighted by atomic mass is 16.6. The van der Waals surface area contributed by atoms with E-state index in [4.69, 9.17) is 33.2 Å². The Kier molecular flexibility index (Phi) is 35.6. The number of nitrogens with zero attached hydrogens (tertiary/aromatic N) is 1. The Hall–Kier alpha value is -4.57. The number of amides is 2. The highest BCUT2D eigenvalue weighted by Crippen LogP contribution is 2.70. The van der Waals surface area contributed by atoms with Gasteiger partial charge in [0.2, 0.25) is 11.8 Å². The molecule has 19 atom stereocenters. The van der Waals surface area contributed by atoms with Crippen molar-refractivity contribution in [3.63, 3.8) is 0 Å². The molecule has 19 unspecified atom stereocenters. The molecule has 0 N–H and O–H groups in total. The molecule has 0 aromatic heterocycles. The molecule has 23 fully saturated rings. The molecule has 20 saturated carbocycles. The first kappa shape index (κ1) is 109. The van der Waals surface area contributed by atoms with E-state index in [-0.39, 0.29) is 147 Å². The molecular weight excluding hydrogens is 1720 g/mol. The van der Waals surface area contributed by atoms with E-state index in [9.17, 15) is 43.2 Å². The second kappa shape index (κ2) is 45.0. The number of rotatable bonds is 27. The molecule has 3 aliphatic heterocycles. The second-order valence-corrected chi connectivity index (χ2v) is 53.4. The Morgan fingerprint density at radius 2 is 0.920 bits per heavy atom. The number of imide groups is 1. The van der Waals surface area contributed by atoms with Crippen molar-refractivity contribution >= 4 is 53.6 Å². The quantitative estimate of drug-likeness (QED) is 0.0323. The van der Waals surface area contributed by atoms with Crippen LogP contribution in [0.3, 0.4) is 0 Å². The van der Waals surface area contributed by atoms with Gasteiger partial charge >= 0.3 is 41.8 Å². The summed E-state index contributed by atoms with van der Waals surface area (Å²) in [5.74, 6) is 15.7. The van der Waals surface area contributed by atoms with Gasteiger partial charge in [0.25, 0.3) is 0 Å². The van der Waals surface area contributed by atoms with E-state index in [2.05, 4.69) is 90.0 Å². The van der Waals surface area contributed by atoms with Crippen LogP contribution in [0.1, 0.15) is 474 Å². The van der Waals surface area contributed by atoms with Crippen LogP contribution in [0.25, 0.3) is 0 Å². The molecule has 784 valence electrons. The van der Waals surface area contributed by atoms with E-state index in [0.717, 1.165) is 174 Å². The highest BCUT2D eigenvalue weighted by Gasteiger charge is 2.65. The van der Waals surface area contributed by atoms with Crippen LogP contribution in [0.5, 0.6) is 0 Å². The maximum atomic E-state index is 13.4. The lowest BCUT2D eigenvalue weighted by atomic mass is 9.44. The van der Waals surface area contributed by atoms with Crippen molar-refractivity contribution in [2.75, 3.05) is 0 Å². The minimum absolute atomic E-state index is 0.0224. The normalized spacial score (nSPS) is 42.5. The fraction of sp³-hybridized carbons (Fsp3) is 0.926. The van der Waals surface area contributed by atoms with Crippen molar-refractivity contribution in [3.05, 3.63) is 0 Å². The predicted octanol–water partition coefficient (Wildman–Crippen LogP) is 28.5. The first-order valence-corrected chi connectivity index (χ1v) is 58.8. The van der Waals surface area contributed by atoms with Crippen LogP contribution in [0, 0.1) is 188 Å². The first-order chi connectivity index (χ1) is 65.4. The van der Waals surface area contributed by atoms with Crippen LogP contribution in [0.4, 0.5) is 0 Å². The fourth-order valence-electron chi connectivity index (χ4n) is 34.4. The Balaban J connectivity index is 0.000000139. The van der Waals surface area contributed by atoms with Gasteiger partial charge in [-0.1, -0.05) is 170 Å². The predicted molar refractivity (Wildman–Crippen MR) is 545 cm³/mol. The minimum Gasteiger partial charge on any atom is -0.462 e. The number of ether oxygens (including phenoxy) is 7. The van der Waals surface area contributed by atoms with E-state index in [1.54, 1.807) is 0 Å². The largest absolute Gasteiger partial charge is 0.462 e. The Morgan fingerprint density at radius 1 is 0.442 bits per heavy atom. The molecular formula is C121H199NO16. The zero-order chi connectivity index (χ0) is 99.8. The van der Waals surface area contributed by atoms with Crippen LogP contribution in [-0.4, -0.2) is 105 Å². The number of unbranched alkanes of at least 4 members (excludes halogenated alkanes) is 3. The molecule has 23 aliphatic rings. The van der Waals surface area contributed by atoms with Gasteiger partial charge in [-0.05, 0) is 427 Å². The third kappa shape index (κ3) is 22.9. The molecule has 0 spiro atoms. The second-order valence-electron chi connectivity index (χ2n) is 53.4. The summed E-state index contributed by atoms with van der Waals surface area (Å²) in [5.41, 5.74) is -0.482. The van der Waals surface area contributed by atoms with Crippen LogP contribution < -0.4 is 0 Å². The Morgan fingerprint density at radius 3 is 1.42 bits per heavy atom. The number of hydrogen-bond acceptors (Lipinski definition) is 16. The Labute approximate surface area is 837 Å². The molecule has 0 aromatic rings. The number of carbonyl (C=O) groups is 9. The SMILES string of the molecule is CCC(C)(C)C(=O)OC1(CC)C2CC3CC(C2)CC1C3.CCC(C)C(=O)OC(C)(C)C1CCC(C)CC1.CCC(C)C(=O)OC1(C)C2CC3CC(C2)CC1C3.CCC(C)C(=O)OC1(CC)C2CC3CC(C2)CC1C3.CCC(C)C(=O)OC12CC3CC(C1)OC(=O)C(C3)C2.CCCCCCC(C)C1CCC2C3CCC4CC(OC(=O)C5CCC(N6C(=O)C(C)C(C)C6=O)CC5)CCC4(C)C3CCC12C. The van der Waals surface area contributed by atoms with Crippen molar-refractivity contribution in [3.8, 4) is 0 Å². The van der Waals surface area contributed by atoms with Crippen molar-refractivity contribution < 1.29 is 76.3 Å². The summed E-state index contributed by atoms with van der Waals surface area (Å²) in [6.07, 6.45) is 57.1. The first-order valence-electron chi connectivity index (χ1n) is 58.8. The van der Waals surface area contributed by atoms with Gasteiger partial charge in [0, 0.05) is 30.7 Å². The van der Waals surface area contributed by atoms with Gasteiger partial charge in [0.05, 0.1) is 40.9 Å². The number of esters is 7. The molecule has 138 heavy (non-hydrogen) atoms. The number of carbonyl (C=O) groups excluding carboxylic acids is 9. The summed E-state index contributed by atoms with van der Waals surface area (Å²) < 4.78 is 41.9. The smallest absolute Gasteiger partial charge is 0.312 e. The summed E-state index contributed by atoms with van der Waals surface area (Å²) in [5, 5.41) is 0. The summed E-state index contributed by atoms with van der Waals surface area (Å²) >= 11 is 0. The monoisotopic (exact) mass is 1920 g/mol. The molecule has 0 radical (unpaired) electrons. The molecule has 16 bridgehead atoms. The fourth-order valence-corrected chi connectivity index (χ4v) is 34.4. The van der Waals surface area contributed by atoms with Gasteiger partial charge in [-0.25, -0.2) is 0 Å². The van der Waals surface area contributed by atoms with Crippen molar-refractivity contribution in [2.45, 2.75) is 520 Å². The van der Waals surface area contributed by atoms with E-state index < -0.39 is 5.60 Å². The molecule has 17 heteroatoms. The summed E-state index contributed by atoms with van der Waals surface area (Å²) in [7, 11) is 0. The topological polar surface area (TPSA) is 221 Å². The summed E-state index contributed by atoms with van der Waals surface area (Å²) in [6, 6.07) is -0.0477. The van der Waals surface area contributed by atoms with Gasteiger partial charge in [-0.2, -0.15) is 0 Å². The number of likely N-dealkylation sites (tertiary alicyclic amines) is 1. The van der Waals surface area contributed by atoms with Gasteiger partial charge in [0.15, 0.2) is 0 Å². The lowest BCUT2D eigenvalue weighted by molar-refractivity contribution is -0.218. The molecule has 17 nitrogen and oxygen atoms in total. The molecule has 3 heterocycles. The lowest BCUT2D eigenvalue weighted by Gasteiger charge is -2.61. The molecule has 2 amide bonds. The van der Waals surface area contributed by atoms with Crippen molar-refractivity contribution in [2.24, 2.45) is 188 Å². The molecule has 0 aromatic carbocycles. The number of hydrogen-bond donors (Lipinski definition) is 0. The van der Waals surface area contributed by atoms with Gasteiger partial charge in [-0.3, -0.25) is 48.1 Å². The maximum absolute atomic E-state index is 13.4. The molecule has 23 rings (SSSR count). The van der Waals surface area contributed by atoms with Crippen molar-refractivity contribution in [1.29, 1.82) is 0 Å². The third-order valence-electron chi connectivity index (χ3n) is 44.3. The van der Waals surface area contributed by atoms with Crippen LogP contribution in [0.15, 0.2) is 0 Å². The molecule has 3 saturated heterocycles. The van der Waals surface area contributed by atoms with E-state index >= 15 is 0 Å². The maximum Gasteiger partial charge on any atom is 0.312 e. The zero-order valence-corrected chi connectivity index (χ0v) is 91.6. The lowest BCUT2D eigenvalue weighted by Crippen LogP contribution is -2.60. The number of fused-ring (bicyclic) bond motifs is 6. The van der Waals surface area contributed by atoms with Crippen LogP contribution in [0.2, 0.25) is 0 Å². The zero-order valence-electron chi connectivity index (χ0n) is 91.6. The minimum atomic E-state index is -0.427. The van der Waals surface area contributed by atoms with E-state index in [1.807, 2.05) is 69.2 Å². The average Bonchev–Trinajstić information content (AvgIpc) is 1.40. The standard InChI is InChI=1S/C40H65NO4.C18H30O2.C17H28O2.C16H26O2.C15H22O4.C15H28O2/c1-7-8-9-10-11-25(2)33-18-19-34-32-17-14-29-24-31(20-22-39(29,5)35(32)21-23-40(33,34)6)45-38(44)28-12-15-30(16-13-28)41-36(42)26(3)27(4)37(41)43;1-5-17(3,4)16(19)20-18(6-2)14-8-12-7-13(10-14)11-15(18)9-12;1-4-11(3)16(18)19-17(5-2)14-7-12-6-13(9-14)10-15(17)8-12;1-4-10(2)15(17)18-16(3)13-6-11-5-12(8-13)9-14(16)7-11;1-3-9(2)13(16)19-15-6-10-4-11(7-15)14(17)18-12(5-10)8-15;1-6-12(3)14(16)17-15(4,5)13-9-7-11(2)8-10-13/h25-35H,7-24H2,1-6H3;12-15H,5-11H2,1-4H3;11-15H,4-10H2,1-3H3;10-14H,4-9H2,1-3H3;9-12H,3-8H2,1-2H3;11-13H,6-10H2,1-5H3. The Bertz CT molecular complexity index is 4020. The third-order valence-corrected chi connectivity index (χ3v) is 44.3. The highest BCUT2D eigenvalue weighted by molar-refractivity contribution is 6.05. The van der Waals surface area contributed by atoms with E-state index in [1.165, 1.54) is 204 Å². The molecule has 20 aliphatic carbocycles. The van der Waals surface area contributed by atoms with Crippen molar-refractivity contribution in [1.82, 2.24) is 4.90 Å². The van der Waals surface area contributed by atoms with E-state index in [0.29, 0.717) is 76.9 Å². The van der Waals surface area contributed by atoms with Crippen LogP contribution in [-0.2, 0) is 76.3 Å².